The first kappa shape index (κ1) is 16.5. The van der Waals surface area contributed by atoms with Gasteiger partial charge in [-0.1, -0.05) is 71.5 Å². The van der Waals surface area contributed by atoms with E-state index in [1.807, 2.05) is 60.7 Å². The van der Waals surface area contributed by atoms with Crippen LogP contribution in [0.1, 0.15) is 0 Å². The number of rotatable bonds is 3. The van der Waals surface area contributed by atoms with E-state index in [1.54, 1.807) is 6.07 Å². The van der Waals surface area contributed by atoms with E-state index < -0.39 is 0 Å². The first-order chi connectivity index (χ1) is 12.7. The molecule has 26 heavy (non-hydrogen) atoms. The average molecular weight is 381 g/mol. The van der Waals surface area contributed by atoms with Gasteiger partial charge in [0.05, 0.1) is 5.02 Å². The quantitative estimate of drug-likeness (QED) is 0.482. The lowest BCUT2D eigenvalue weighted by atomic mass is 10.1. The van der Waals surface area contributed by atoms with Gasteiger partial charge in [0.15, 0.2) is 5.01 Å². The van der Waals surface area contributed by atoms with Crippen molar-refractivity contribution in [3.8, 4) is 10.6 Å². The highest BCUT2D eigenvalue weighted by Crippen LogP contribution is 2.31. The number of hydrogen-bond acceptors (Lipinski definition) is 4. The zero-order valence-corrected chi connectivity index (χ0v) is 15.0. The first-order valence-electron chi connectivity index (χ1n) is 7.84. The monoisotopic (exact) mass is 380 g/mol. The molecule has 0 saturated carbocycles. The highest BCUT2D eigenvalue weighted by atomic mass is 35.5. The number of benzene rings is 3. The Morgan fingerprint density at radius 2 is 1.65 bits per heavy atom. The van der Waals surface area contributed by atoms with Crippen LogP contribution in [0, 0.1) is 0 Å². The number of nitrogens with zero attached hydrogens (tertiary/aromatic N) is 2. The van der Waals surface area contributed by atoms with Crippen LogP contribution < -0.4 is 10.6 Å². The van der Waals surface area contributed by atoms with Gasteiger partial charge in [-0.25, -0.2) is 4.79 Å². The largest absolute Gasteiger partial charge is 0.325 e. The van der Waals surface area contributed by atoms with Crippen molar-refractivity contribution in [3.05, 3.63) is 71.8 Å². The standard InChI is InChI=1S/C19H13ClN4OS/c20-16-8-4-3-7-15(16)17-23-24-19(26-17)22-18(25)21-14-10-9-12-5-1-2-6-13(12)11-14/h1-11H,(H2,21,22,24,25). The minimum atomic E-state index is -0.373. The summed E-state index contributed by atoms with van der Waals surface area (Å²) in [5.74, 6) is 0. The van der Waals surface area contributed by atoms with Crippen LogP contribution in [0.15, 0.2) is 66.7 Å². The number of carbonyl (C=O) groups is 1. The summed E-state index contributed by atoms with van der Waals surface area (Å²) in [7, 11) is 0. The maximum Gasteiger partial charge on any atom is 0.325 e. The summed E-state index contributed by atoms with van der Waals surface area (Å²) in [5, 5.41) is 17.4. The first-order valence-corrected chi connectivity index (χ1v) is 9.04. The fourth-order valence-corrected chi connectivity index (χ4v) is 3.60. The molecule has 0 saturated heterocycles. The number of halogens is 1. The zero-order chi connectivity index (χ0) is 17.9. The van der Waals surface area contributed by atoms with Crippen LogP contribution in [0.4, 0.5) is 15.6 Å². The molecular weight excluding hydrogens is 368 g/mol. The van der Waals surface area contributed by atoms with E-state index in [0.717, 1.165) is 16.3 Å². The third-order valence-corrected chi connectivity index (χ3v) is 4.96. The molecule has 4 rings (SSSR count). The number of amides is 2. The van der Waals surface area contributed by atoms with Gasteiger partial charge in [0, 0.05) is 11.3 Å². The molecule has 0 aliphatic carbocycles. The third-order valence-electron chi connectivity index (χ3n) is 3.76. The lowest BCUT2D eigenvalue weighted by molar-refractivity contribution is 0.262. The lowest BCUT2D eigenvalue weighted by Gasteiger charge is -2.06. The summed E-state index contributed by atoms with van der Waals surface area (Å²) in [6, 6.07) is 20.7. The van der Waals surface area contributed by atoms with Gasteiger partial charge in [-0.3, -0.25) is 5.32 Å². The molecule has 1 aromatic heterocycles. The Hall–Kier alpha value is -2.96. The molecule has 0 aliphatic rings. The molecule has 128 valence electrons. The summed E-state index contributed by atoms with van der Waals surface area (Å²) in [6.07, 6.45) is 0. The topological polar surface area (TPSA) is 66.9 Å². The van der Waals surface area contributed by atoms with E-state index in [2.05, 4.69) is 20.8 Å². The van der Waals surface area contributed by atoms with E-state index in [1.165, 1.54) is 11.3 Å². The third kappa shape index (κ3) is 3.51. The molecule has 0 spiro atoms. The smallest absolute Gasteiger partial charge is 0.308 e. The fraction of sp³-hybridized carbons (Fsp3) is 0. The van der Waals surface area contributed by atoms with Crippen molar-refractivity contribution in [2.45, 2.75) is 0 Å². The molecule has 2 amide bonds. The number of hydrogen-bond donors (Lipinski definition) is 2. The Balaban J connectivity index is 1.47. The second kappa shape index (κ2) is 7.11. The van der Waals surface area contributed by atoms with Crippen molar-refractivity contribution in [2.75, 3.05) is 10.6 Å². The fourth-order valence-electron chi connectivity index (χ4n) is 2.54. The molecule has 5 nitrogen and oxygen atoms in total. The van der Waals surface area contributed by atoms with E-state index >= 15 is 0 Å². The van der Waals surface area contributed by atoms with E-state index in [0.29, 0.717) is 20.8 Å². The molecule has 0 atom stereocenters. The van der Waals surface area contributed by atoms with Crippen molar-refractivity contribution in [2.24, 2.45) is 0 Å². The van der Waals surface area contributed by atoms with Crippen molar-refractivity contribution in [1.82, 2.24) is 10.2 Å². The number of urea groups is 1. The Morgan fingerprint density at radius 1 is 0.885 bits per heavy atom. The molecule has 0 fully saturated rings. The van der Waals surface area contributed by atoms with Gasteiger partial charge in [-0.05, 0) is 29.0 Å². The second-order valence-electron chi connectivity index (χ2n) is 5.53. The van der Waals surface area contributed by atoms with Gasteiger partial charge < -0.3 is 5.32 Å². The van der Waals surface area contributed by atoms with Crippen LogP contribution in [-0.4, -0.2) is 16.2 Å². The average Bonchev–Trinajstić information content (AvgIpc) is 3.10. The van der Waals surface area contributed by atoms with Gasteiger partial charge in [0.2, 0.25) is 5.13 Å². The number of anilines is 2. The molecule has 0 bridgehead atoms. The molecule has 4 aromatic rings. The van der Waals surface area contributed by atoms with E-state index in [9.17, 15) is 4.79 Å². The van der Waals surface area contributed by atoms with Gasteiger partial charge in [-0.2, -0.15) is 0 Å². The van der Waals surface area contributed by atoms with Crippen LogP contribution in [0.2, 0.25) is 5.02 Å². The maximum atomic E-state index is 12.2. The molecule has 0 aliphatic heterocycles. The predicted molar refractivity (Wildman–Crippen MR) is 107 cm³/mol. The van der Waals surface area contributed by atoms with Crippen molar-refractivity contribution in [3.63, 3.8) is 0 Å². The summed E-state index contributed by atoms with van der Waals surface area (Å²) >= 11 is 7.43. The normalized spacial score (nSPS) is 10.7. The van der Waals surface area contributed by atoms with E-state index in [-0.39, 0.29) is 6.03 Å². The Labute approximate surface area is 158 Å². The highest BCUT2D eigenvalue weighted by molar-refractivity contribution is 7.18. The van der Waals surface area contributed by atoms with E-state index in [4.69, 9.17) is 11.6 Å². The van der Waals surface area contributed by atoms with Crippen molar-refractivity contribution in [1.29, 1.82) is 0 Å². The van der Waals surface area contributed by atoms with Crippen molar-refractivity contribution < 1.29 is 4.79 Å². The van der Waals surface area contributed by atoms with Crippen LogP contribution >= 0.6 is 22.9 Å². The van der Waals surface area contributed by atoms with Gasteiger partial charge in [-0.15, -0.1) is 10.2 Å². The Kier molecular flexibility index (Phi) is 4.51. The minimum Gasteiger partial charge on any atom is -0.308 e. The number of fused-ring (bicyclic) bond motifs is 1. The van der Waals surface area contributed by atoms with Gasteiger partial charge >= 0.3 is 6.03 Å². The van der Waals surface area contributed by atoms with Crippen LogP contribution in [-0.2, 0) is 0 Å². The number of nitrogens with one attached hydrogen (secondary N) is 2. The molecule has 7 heteroatoms. The van der Waals surface area contributed by atoms with Crippen LogP contribution in [0.3, 0.4) is 0 Å². The van der Waals surface area contributed by atoms with Crippen molar-refractivity contribution >= 4 is 50.6 Å². The molecule has 2 N–H and O–H groups in total. The Bertz CT molecular complexity index is 1100. The second-order valence-corrected chi connectivity index (χ2v) is 6.92. The number of carbonyl (C=O) groups excluding carboxylic acids is 1. The SMILES string of the molecule is O=C(Nc1ccc2ccccc2c1)Nc1nnc(-c2ccccc2Cl)s1. The number of aromatic nitrogens is 2. The van der Waals surface area contributed by atoms with Crippen LogP contribution in [0.25, 0.3) is 21.3 Å². The van der Waals surface area contributed by atoms with Crippen LogP contribution in [0.5, 0.6) is 0 Å². The highest BCUT2D eigenvalue weighted by Gasteiger charge is 2.12. The minimum absolute atomic E-state index is 0.373. The van der Waals surface area contributed by atoms with Gasteiger partial charge in [0.1, 0.15) is 0 Å². The summed E-state index contributed by atoms with van der Waals surface area (Å²) in [4.78, 5) is 12.2. The lowest BCUT2D eigenvalue weighted by Crippen LogP contribution is -2.19. The molecular formula is C19H13ClN4OS. The van der Waals surface area contributed by atoms with Gasteiger partial charge in [0.25, 0.3) is 0 Å². The Morgan fingerprint density at radius 3 is 2.50 bits per heavy atom. The summed E-state index contributed by atoms with van der Waals surface area (Å²) in [6.45, 7) is 0. The maximum absolute atomic E-state index is 12.2. The molecule has 0 unspecified atom stereocenters. The summed E-state index contributed by atoms with van der Waals surface area (Å²) < 4.78 is 0. The summed E-state index contributed by atoms with van der Waals surface area (Å²) in [5.41, 5.74) is 1.49. The predicted octanol–water partition coefficient (Wildman–Crippen LogP) is 5.66. The molecule has 3 aromatic carbocycles. The molecule has 0 radical (unpaired) electrons. The zero-order valence-electron chi connectivity index (χ0n) is 13.4. The molecule has 1 heterocycles.